The SMILES string of the molecule is CC(F)(F)Cc1ccc(CCN2CCNCC2)cc1. The second kappa shape index (κ2) is 6.44. The first-order valence-electron chi connectivity index (χ1n) is 6.92. The summed E-state index contributed by atoms with van der Waals surface area (Å²) in [5.41, 5.74) is 1.93. The topological polar surface area (TPSA) is 15.3 Å². The molecule has 1 saturated heterocycles. The molecular formula is C15H22F2N2. The van der Waals surface area contributed by atoms with Gasteiger partial charge in [-0.1, -0.05) is 24.3 Å². The smallest absolute Gasteiger partial charge is 0.249 e. The Morgan fingerprint density at radius 3 is 2.26 bits per heavy atom. The van der Waals surface area contributed by atoms with Gasteiger partial charge in [-0.25, -0.2) is 8.78 Å². The molecule has 0 radical (unpaired) electrons. The summed E-state index contributed by atoms with van der Waals surface area (Å²) in [7, 11) is 0. The molecule has 1 aliphatic heterocycles. The maximum atomic E-state index is 12.9. The molecule has 2 nitrogen and oxygen atoms in total. The molecule has 19 heavy (non-hydrogen) atoms. The second-order valence-corrected chi connectivity index (χ2v) is 5.41. The number of piperazine rings is 1. The molecule has 0 atom stereocenters. The highest BCUT2D eigenvalue weighted by molar-refractivity contribution is 5.23. The van der Waals surface area contributed by atoms with Crippen molar-refractivity contribution in [1.82, 2.24) is 10.2 Å². The molecule has 4 heteroatoms. The summed E-state index contributed by atoms with van der Waals surface area (Å²) in [5.74, 6) is -2.62. The summed E-state index contributed by atoms with van der Waals surface area (Å²) in [6.45, 7) is 6.32. The van der Waals surface area contributed by atoms with E-state index in [0.717, 1.165) is 46.1 Å². The van der Waals surface area contributed by atoms with E-state index in [2.05, 4.69) is 10.2 Å². The monoisotopic (exact) mass is 268 g/mol. The number of halogens is 2. The molecule has 2 rings (SSSR count). The Hall–Kier alpha value is -1.00. The van der Waals surface area contributed by atoms with Crippen LogP contribution < -0.4 is 5.32 Å². The molecular weight excluding hydrogens is 246 g/mol. The van der Waals surface area contributed by atoms with E-state index >= 15 is 0 Å². The summed E-state index contributed by atoms with van der Waals surface area (Å²) >= 11 is 0. The molecule has 1 aromatic carbocycles. The average molecular weight is 268 g/mol. The van der Waals surface area contributed by atoms with E-state index in [-0.39, 0.29) is 6.42 Å². The van der Waals surface area contributed by atoms with Crippen molar-refractivity contribution >= 4 is 0 Å². The molecule has 106 valence electrons. The van der Waals surface area contributed by atoms with E-state index in [4.69, 9.17) is 0 Å². The summed E-state index contributed by atoms with van der Waals surface area (Å²) in [6.07, 6.45) is 0.813. The minimum Gasteiger partial charge on any atom is -0.314 e. The fraction of sp³-hybridized carbons (Fsp3) is 0.600. The minimum atomic E-state index is -2.62. The van der Waals surface area contributed by atoms with Crippen molar-refractivity contribution in [2.24, 2.45) is 0 Å². The minimum absolute atomic E-state index is 0.176. The Morgan fingerprint density at radius 2 is 1.68 bits per heavy atom. The van der Waals surface area contributed by atoms with Crippen LogP contribution in [0.3, 0.4) is 0 Å². The third-order valence-corrected chi connectivity index (χ3v) is 3.46. The lowest BCUT2D eigenvalue weighted by Gasteiger charge is -2.27. The lowest BCUT2D eigenvalue weighted by Crippen LogP contribution is -2.44. The zero-order valence-electron chi connectivity index (χ0n) is 11.5. The van der Waals surface area contributed by atoms with Gasteiger partial charge in [0.15, 0.2) is 0 Å². The third-order valence-electron chi connectivity index (χ3n) is 3.46. The van der Waals surface area contributed by atoms with Gasteiger partial charge in [0, 0.05) is 39.1 Å². The predicted octanol–water partition coefficient (Wildman–Crippen LogP) is 2.33. The molecule has 0 aliphatic carbocycles. The molecule has 0 aromatic heterocycles. The predicted molar refractivity (Wildman–Crippen MR) is 73.8 cm³/mol. The first-order chi connectivity index (χ1) is 9.03. The van der Waals surface area contributed by atoms with Gasteiger partial charge in [0.1, 0.15) is 0 Å². The Morgan fingerprint density at radius 1 is 1.11 bits per heavy atom. The van der Waals surface area contributed by atoms with Crippen LogP contribution in [0, 0.1) is 0 Å². The van der Waals surface area contributed by atoms with Gasteiger partial charge in [0.05, 0.1) is 0 Å². The van der Waals surface area contributed by atoms with E-state index in [1.165, 1.54) is 5.56 Å². The highest BCUT2D eigenvalue weighted by atomic mass is 19.3. The maximum Gasteiger partial charge on any atom is 0.249 e. The molecule has 0 amide bonds. The molecule has 0 bridgehead atoms. The first-order valence-corrected chi connectivity index (χ1v) is 6.92. The lowest BCUT2D eigenvalue weighted by molar-refractivity contribution is 0.0226. The van der Waals surface area contributed by atoms with E-state index < -0.39 is 5.92 Å². The van der Waals surface area contributed by atoms with Crippen LogP contribution in [-0.2, 0) is 12.8 Å². The fourth-order valence-electron chi connectivity index (χ4n) is 2.40. The molecule has 1 N–H and O–H groups in total. The van der Waals surface area contributed by atoms with E-state index in [1.54, 1.807) is 0 Å². The maximum absolute atomic E-state index is 12.9. The summed E-state index contributed by atoms with van der Waals surface area (Å²) < 4.78 is 25.8. The highest BCUT2D eigenvalue weighted by Gasteiger charge is 2.21. The van der Waals surface area contributed by atoms with Gasteiger partial charge in [-0.2, -0.15) is 0 Å². The molecule has 1 fully saturated rings. The van der Waals surface area contributed by atoms with E-state index in [9.17, 15) is 8.78 Å². The summed E-state index contributed by atoms with van der Waals surface area (Å²) in [4.78, 5) is 2.44. The van der Waals surface area contributed by atoms with Crippen LogP contribution in [0.1, 0.15) is 18.1 Å². The number of hydrogen-bond donors (Lipinski definition) is 1. The molecule has 1 heterocycles. The number of alkyl halides is 2. The molecule has 1 aromatic rings. The van der Waals surface area contributed by atoms with Gasteiger partial charge < -0.3 is 10.2 Å². The van der Waals surface area contributed by atoms with Gasteiger partial charge >= 0.3 is 0 Å². The summed E-state index contributed by atoms with van der Waals surface area (Å²) in [6, 6.07) is 7.60. The fourth-order valence-corrected chi connectivity index (χ4v) is 2.40. The van der Waals surface area contributed by atoms with Crippen molar-refractivity contribution in [3.63, 3.8) is 0 Å². The quantitative estimate of drug-likeness (QED) is 0.881. The largest absolute Gasteiger partial charge is 0.314 e. The number of nitrogens with one attached hydrogen (secondary N) is 1. The average Bonchev–Trinajstić information content (AvgIpc) is 2.37. The van der Waals surface area contributed by atoms with Crippen molar-refractivity contribution < 1.29 is 8.78 Å². The van der Waals surface area contributed by atoms with Gasteiger partial charge in [0.25, 0.3) is 0 Å². The molecule has 0 saturated carbocycles. The van der Waals surface area contributed by atoms with Crippen molar-refractivity contribution in [1.29, 1.82) is 0 Å². The number of nitrogens with zero attached hydrogens (tertiary/aromatic N) is 1. The Labute approximate surface area is 113 Å². The van der Waals surface area contributed by atoms with E-state index in [0.29, 0.717) is 5.56 Å². The highest BCUT2D eigenvalue weighted by Crippen LogP contribution is 2.19. The van der Waals surface area contributed by atoms with Crippen LogP contribution in [0.2, 0.25) is 0 Å². The van der Waals surface area contributed by atoms with Gasteiger partial charge in [-0.3, -0.25) is 0 Å². The Kier molecular flexibility index (Phi) is 4.88. The first kappa shape index (κ1) is 14.4. The van der Waals surface area contributed by atoms with Crippen molar-refractivity contribution in [3.8, 4) is 0 Å². The zero-order chi connectivity index (χ0) is 13.7. The standard InChI is InChI=1S/C15H22F2N2/c1-15(16,17)12-14-4-2-13(3-5-14)6-9-19-10-7-18-8-11-19/h2-5,18H,6-12H2,1H3. The molecule has 1 aliphatic rings. The summed E-state index contributed by atoms with van der Waals surface area (Å²) in [5, 5.41) is 3.33. The second-order valence-electron chi connectivity index (χ2n) is 5.41. The van der Waals surface area contributed by atoms with Crippen LogP contribution in [0.25, 0.3) is 0 Å². The Balaban J connectivity index is 1.81. The zero-order valence-corrected chi connectivity index (χ0v) is 11.5. The molecule has 0 spiro atoms. The molecule has 0 unspecified atom stereocenters. The normalized spacial score (nSPS) is 17.6. The van der Waals surface area contributed by atoms with Crippen molar-refractivity contribution in [2.45, 2.75) is 25.7 Å². The Bertz CT molecular complexity index is 378. The van der Waals surface area contributed by atoms with Crippen molar-refractivity contribution in [3.05, 3.63) is 35.4 Å². The van der Waals surface area contributed by atoms with Crippen molar-refractivity contribution in [2.75, 3.05) is 32.7 Å². The van der Waals surface area contributed by atoms with Gasteiger partial charge in [-0.15, -0.1) is 0 Å². The number of hydrogen-bond acceptors (Lipinski definition) is 2. The van der Waals surface area contributed by atoms with Crippen LogP contribution in [0.15, 0.2) is 24.3 Å². The van der Waals surface area contributed by atoms with Crippen LogP contribution >= 0.6 is 0 Å². The lowest BCUT2D eigenvalue weighted by atomic mass is 10.0. The van der Waals surface area contributed by atoms with Crippen LogP contribution in [-0.4, -0.2) is 43.5 Å². The van der Waals surface area contributed by atoms with Gasteiger partial charge in [-0.05, 0) is 24.5 Å². The van der Waals surface area contributed by atoms with Crippen LogP contribution in [0.4, 0.5) is 8.78 Å². The van der Waals surface area contributed by atoms with E-state index in [1.807, 2.05) is 24.3 Å². The van der Waals surface area contributed by atoms with Crippen LogP contribution in [0.5, 0.6) is 0 Å². The van der Waals surface area contributed by atoms with Gasteiger partial charge in [0.2, 0.25) is 5.92 Å². The number of rotatable bonds is 5. The third kappa shape index (κ3) is 5.25. The number of benzene rings is 1.